The fourth-order valence-corrected chi connectivity index (χ4v) is 3.63. The van der Waals surface area contributed by atoms with Crippen molar-refractivity contribution in [1.82, 2.24) is 24.8 Å². The SMILES string of the molecule is CC(C)c1noc(CN2CCCC2Cn2nc3c(cc2=O)COCC3)n1. The van der Waals surface area contributed by atoms with Gasteiger partial charge in [-0.25, -0.2) is 4.68 Å². The van der Waals surface area contributed by atoms with Crippen molar-refractivity contribution in [2.45, 2.75) is 64.8 Å². The van der Waals surface area contributed by atoms with E-state index in [0.29, 0.717) is 32.2 Å². The number of hydrogen-bond donors (Lipinski definition) is 0. The summed E-state index contributed by atoms with van der Waals surface area (Å²) in [4.78, 5) is 19.2. The van der Waals surface area contributed by atoms with E-state index in [-0.39, 0.29) is 17.5 Å². The predicted molar refractivity (Wildman–Crippen MR) is 93.7 cm³/mol. The summed E-state index contributed by atoms with van der Waals surface area (Å²) >= 11 is 0. The van der Waals surface area contributed by atoms with E-state index in [4.69, 9.17) is 9.26 Å². The molecule has 0 saturated carbocycles. The fraction of sp³-hybridized carbons (Fsp3) is 0.667. The Kier molecular flexibility index (Phi) is 4.86. The minimum atomic E-state index is -0.0546. The monoisotopic (exact) mass is 359 g/mol. The molecule has 140 valence electrons. The molecule has 2 aliphatic rings. The van der Waals surface area contributed by atoms with E-state index in [1.807, 2.05) is 13.8 Å². The Morgan fingerprint density at radius 3 is 3.08 bits per heavy atom. The Hall–Kier alpha value is -2.06. The van der Waals surface area contributed by atoms with Gasteiger partial charge in [0, 0.05) is 30.0 Å². The zero-order valence-electron chi connectivity index (χ0n) is 15.3. The van der Waals surface area contributed by atoms with Crippen molar-refractivity contribution < 1.29 is 9.26 Å². The van der Waals surface area contributed by atoms with Crippen molar-refractivity contribution in [3.05, 3.63) is 39.4 Å². The third-order valence-corrected chi connectivity index (χ3v) is 5.13. The molecule has 0 aromatic carbocycles. The second-order valence-corrected chi connectivity index (χ2v) is 7.41. The quantitative estimate of drug-likeness (QED) is 0.799. The number of hydrogen-bond acceptors (Lipinski definition) is 7. The first kappa shape index (κ1) is 17.4. The first-order chi connectivity index (χ1) is 12.6. The molecule has 0 bridgehead atoms. The third kappa shape index (κ3) is 3.57. The number of rotatable bonds is 5. The number of nitrogens with zero attached hydrogens (tertiary/aromatic N) is 5. The molecule has 26 heavy (non-hydrogen) atoms. The van der Waals surface area contributed by atoms with Gasteiger partial charge in [-0.15, -0.1) is 0 Å². The van der Waals surface area contributed by atoms with Gasteiger partial charge in [-0.2, -0.15) is 10.1 Å². The highest BCUT2D eigenvalue weighted by molar-refractivity contribution is 5.18. The zero-order valence-corrected chi connectivity index (χ0v) is 15.3. The molecule has 2 aromatic heterocycles. The van der Waals surface area contributed by atoms with E-state index < -0.39 is 0 Å². The summed E-state index contributed by atoms with van der Waals surface area (Å²) in [7, 11) is 0. The molecule has 1 atom stereocenters. The van der Waals surface area contributed by atoms with Crippen molar-refractivity contribution in [3.8, 4) is 0 Å². The maximum atomic E-state index is 12.4. The molecule has 8 nitrogen and oxygen atoms in total. The van der Waals surface area contributed by atoms with Crippen molar-refractivity contribution in [1.29, 1.82) is 0 Å². The molecule has 0 N–H and O–H groups in total. The summed E-state index contributed by atoms with van der Waals surface area (Å²) in [6.45, 7) is 7.44. The smallest absolute Gasteiger partial charge is 0.267 e. The first-order valence-corrected chi connectivity index (χ1v) is 9.34. The lowest BCUT2D eigenvalue weighted by atomic mass is 10.1. The molecule has 0 radical (unpaired) electrons. The Labute approximate surface area is 152 Å². The fourth-order valence-electron chi connectivity index (χ4n) is 3.63. The van der Waals surface area contributed by atoms with Gasteiger partial charge in [0.05, 0.1) is 32.0 Å². The summed E-state index contributed by atoms with van der Waals surface area (Å²) in [5, 5.41) is 8.63. The lowest BCUT2D eigenvalue weighted by Gasteiger charge is -2.24. The van der Waals surface area contributed by atoms with Crippen molar-refractivity contribution >= 4 is 0 Å². The Morgan fingerprint density at radius 1 is 1.38 bits per heavy atom. The van der Waals surface area contributed by atoms with Crippen LogP contribution in [0.4, 0.5) is 0 Å². The van der Waals surface area contributed by atoms with Crippen LogP contribution in [0.1, 0.15) is 55.6 Å². The van der Waals surface area contributed by atoms with Gasteiger partial charge in [0.15, 0.2) is 5.82 Å². The molecular weight excluding hydrogens is 334 g/mol. The predicted octanol–water partition coefficient (Wildman–Crippen LogP) is 1.49. The Morgan fingerprint density at radius 2 is 2.27 bits per heavy atom. The van der Waals surface area contributed by atoms with E-state index in [2.05, 4.69) is 20.1 Å². The minimum Gasteiger partial charge on any atom is -0.376 e. The van der Waals surface area contributed by atoms with Crippen molar-refractivity contribution in [2.75, 3.05) is 13.2 Å². The highest BCUT2D eigenvalue weighted by atomic mass is 16.5. The van der Waals surface area contributed by atoms with Gasteiger partial charge in [0.1, 0.15) is 0 Å². The maximum absolute atomic E-state index is 12.4. The average Bonchev–Trinajstić information content (AvgIpc) is 3.26. The highest BCUT2D eigenvalue weighted by Crippen LogP contribution is 2.21. The van der Waals surface area contributed by atoms with Gasteiger partial charge >= 0.3 is 0 Å². The van der Waals surface area contributed by atoms with Gasteiger partial charge in [0.25, 0.3) is 5.56 Å². The Bertz CT molecular complexity index is 828. The number of fused-ring (bicyclic) bond motifs is 1. The summed E-state index contributed by atoms with van der Waals surface area (Å²) in [6, 6.07) is 1.93. The molecule has 1 saturated heterocycles. The van der Waals surface area contributed by atoms with Crippen LogP contribution in [0.3, 0.4) is 0 Å². The minimum absolute atomic E-state index is 0.0546. The van der Waals surface area contributed by atoms with E-state index >= 15 is 0 Å². The van der Waals surface area contributed by atoms with Gasteiger partial charge < -0.3 is 9.26 Å². The largest absolute Gasteiger partial charge is 0.376 e. The van der Waals surface area contributed by atoms with E-state index in [1.165, 1.54) is 0 Å². The molecule has 4 rings (SSSR count). The van der Waals surface area contributed by atoms with Crippen LogP contribution in [0, 0.1) is 0 Å². The molecule has 2 aromatic rings. The molecule has 0 amide bonds. The number of aromatic nitrogens is 4. The van der Waals surface area contributed by atoms with Gasteiger partial charge in [-0.05, 0) is 19.4 Å². The van der Waals surface area contributed by atoms with Crippen LogP contribution in [-0.2, 0) is 30.9 Å². The third-order valence-electron chi connectivity index (χ3n) is 5.13. The molecule has 0 spiro atoms. The molecule has 4 heterocycles. The van der Waals surface area contributed by atoms with Gasteiger partial charge in [0.2, 0.25) is 5.89 Å². The molecule has 8 heteroatoms. The first-order valence-electron chi connectivity index (χ1n) is 9.34. The van der Waals surface area contributed by atoms with E-state index in [1.54, 1.807) is 10.7 Å². The molecule has 2 aliphatic heterocycles. The Balaban J connectivity index is 1.47. The van der Waals surface area contributed by atoms with Crippen LogP contribution >= 0.6 is 0 Å². The molecular formula is C18H25N5O3. The van der Waals surface area contributed by atoms with Crippen molar-refractivity contribution in [2.24, 2.45) is 0 Å². The van der Waals surface area contributed by atoms with Crippen LogP contribution in [0.25, 0.3) is 0 Å². The van der Waals surface area contributed by atoms with Crippen molar-refractivity contribution in [3.63, 3.8) is 0 Å². The van der Waals surface area contributed by atoms with Crippen LogP contribution < -0.4 is 5.56 Å². The van der Waals surface area contributed by atoms with Crippen LogP contribution in [0.15, 0.2) is 15.4 Å². The van der Waals surface area contributed by atoms with E-state index in [9.17, 15) is 4.79 Å². The maximum Gasteiger partial charge on any atom is 0.267 e. The zero-order chi connectivity index (χ0) is 18.1. The lowest BCUT2D eigenvalue weighted by molar-refractivity contribution is 0.107. The van der Waals surface area contributed by atoms with Crippen LogP contribution in [-0.4, -0.2) is 44.0 Å². The molecule has 1 unspecified atom stereocenters. The van der Waals surface area contributed by atoms with Gasteiger partial charge in [-0.3, -0.25) is 9.69 Å². The second kappa shape index (κ2) is 7.28. The average molecular weight is 359 g/mol. The second-order valence-electron chi connectivity index (χ2n) is 7.41. The summed E-state index contributed by atoms with van der Waals surface area (Å²) in [6.07, 6.45) is 2.91. The number of ether oxygens (including phenoxy) is 1. The molecule has 1 fully saturated rings. The summed E-state index contributed by atoms with van der Waals surface area (Å²) in [5.74, 6) is 1.64. The topological polar surface area (TPSA) is 86.3 Å². The normalized spacial score (nSPS) is 20.7. The standard InChI is InChI=1S/C18H25N5O3/c1-12(2)18-19-16(26-21-18)10-22-6-3-4-14(22)9-23-17(24)8-13-11-25-7-5-15(13)20-23/h8,12,14H,3-7,9-11H2,1-2H3. The van der Waals surface area contributed by atoms with E-state index in [0.717, 1.165) is 42.9 Å². The molecule has 0 aliphatic carbocycles. The highest BCUT2D eigenvalue weighted by Gasteiger charge is 2.28. The lowest BCUT2D eigenvalue weighted by Crippen LogP contribution is -2.37. The van der Waals surface area contributed by atoms with Gasteiger partial charge in [-0.1, -0.05) is 19.0 Å². The van der Waals surface area contributed by atoms with Crippen LogP contribution in [0.2, 0.25) is 0 Å². The summed E-state index contributed by atoms with van der Waals surface area (Å²) < 4.78 is 12.4. The number of likely N-dealkylation sites (tertiary alicyclic amines) is 1. The van der Waals surface area contributed by atoms with Crippen LogP contribution in [0.5, 0.6) is 0 Å². The summed E-state index contributed by atoms with van der Waals surface area (Å²) in [5.41, 5.74) is 1.85.